The van der Waals surface area contributed by atoms with E-state index in [1.807, 2.05) is 7.05 Å². The highest BCUT2D eigenvalue weighted by Gasteiger charge is 2.22. The summed E-state index contributed by atoms with van der Waals surface area (Å²) in [5, 5.41) is 6.12. The van der Waals surface area contributed by atoms with Gasteiger partial charge < -0.3 is 15.2 Å². The first-order chi connectivity index (χ1) is 10.1. The maximum absolute atomic E-state index is 12.3. The first-order valence-corrected chi connectivity index (χ1v) is 8.26. The number of aromatic nitrogens is 1. The molecule has 1 amide bonds. The van der Waals surface area contributed by atoms with Gasteiger partial charge in [-0.3, -0.25) is 4.79 Å². The van der Waals surface area contributed by atoms with Gasteiger partial charge in [-0.15, -0.1) is 0 Å². The number of carbonyl (C=O) groups is 1. The van der Waals surface area contributed by atoms with Crippen LogP contribution < -0.4 is 10.6 Å². The molecule has 2 rings (SSSR count). The van der Waals surface area contributed by atoms with Gasteiger partial charge >= 0.3 is 0 Å². The average molecular weight is 291 g/mol. The first kappa shape index (κ1) is 16.1. The van der Waals surface area contributed by atoms with E-state index in [9.17, 15) is 4.79 Å². The Balaban J connectivity index is 2.05. The molecular formula is C17H29N3O. The van der Waals surface area contributed by atoms with Gasteiger partial charge in [0.2, 0.25) is 0 Å². The third kappa shape index (κ3) is 3.88. The Morgan fingerprint density at radius 2 is 1.95 bits per heavy atom. The Labute approximate surface area is 128 Å². The molecule has 4 nitrogen and oxygen atoms in total. The number of amides is 1. The largest absolute Gasteiger partial charge is 0.352 e. The Kier molecular flexibility index (Phi) is 5.85. The molecule has 0 saturated heterocycles. The van der Waals surface area contributed by atoms with E-state index in [0.717, 1.165) is 30.8 Å². The third-order valence-electron chi connectivity index (χ3n) is 4.56. The second-order valence-electron chi connectivity index (χ2n) is 6.16. The number of nitrogens with zero attached hydrogens (tertiary/aromatic N) is 1. The normalized spacial score (nSPS) is 16.1. The van der Waals surface area contributed by atoms with Crippen molar-refractivity contribution < 1.29 is 4.79 Å². The Hall–Kier alpha value is -1.29. The van der Waals surface area contributed by atoms with Gasteiger partial charge in [0, 0.05) is 24.0 Å². The summed E-state index contributed by atoms with van der Waals surface area (Å²) in [4.78, 5) is 12.3. The molecule has 1 aromatic heterocycles. The maximum atomic E-state index is 12.3. The van der Waals surface area contributed by atoms with Crippen molar-refractivity contribution in [1.82, 2.24) is 15.2 Å². The average Bonchev–Trinajstić information content (AvgIpc) is 2.79. The molecule has 21 heavy (non-hydrogen) atoms. The number of nitrogens with one attached hydrogen (secondary N) is 2. The summed E-state index contributed by atoms with van der Waals surface area (Å²) in [6.07, 6.45) is 7.44. The molecule has 1 fully saturated rings. The van der Waals surface area contributed by atoms with Crippen molar-refractivity contribution in [3.05, 3.63) is 23.0 Å². The van der Waals surface area contributed by atoms with E-state index >= 15 is 0 Å². The summed E-state index contributed by atoms with van der Waals surface area (Å²) in [6.45, 7) is 5.87. The van der Waals surface area contributed by atoms with Crippen LogP contribution >= 0.6 is 0 Å². The number of rotatable bonds is 6. The molecule has 1 aliphatic carbocycles. The fraction of sp³-hybridized carbons (Fsp3) is 0.706. The van der Waals surface area contributed by atoms with E-state index in [1.54, 1.807) is 0 Å². The highest BCUT2D eigenvalue weighted by molar-refractivity contribution is 5.95. The molecule has 1 heterocycles. The molecule has 1 saturated carbocycles. The molecular weight excluding hydrogens is 262 g/mol. The summed E-state index contributed by atoms with van der Waals surface area (Å²) in [7, 11) is 1.93. The van der Waals surface area contributed by atoms with Crippen molar-refractivity contribution in [2.75, 3.05) is 20.1 Å². The SMILES string of the molecule is CNCCCNC(=O)c1cc(C)n(C2CCCCC2)c1C. The highest BCUT2D eigenvalue weighted by atomic mass is 16.1. The molecule has 0 aromatic carbocycles. The van der Waals surface area contributed by atoms with Crippen LogP contribution in [0.2, 0.25) is 0 Å². The topological polar surface area (TPSA) is 46.1 Å². The standard InChI is InChI=1S/C17H29N3O/c1-13-12-16(17(21)19-11-7-10-18-3)14(2)20(13)15-8-5-4-6-9-15/h12,15,18H,4-11H2,1-3H3,(H,19,21). The van der Waals surface area contributed by atoms with Crippen LogP contribution in [0.3, 0.4) is 0 Å². The smallest absolute Gasteiger partial charge is 0.253 e. The Morgan fingerprint density at radius 3 is 2.62 bits per heavy atom. The molecule has 118 valence electrons. The number of hydrogen-bond donors (Lipinski definition) is 2. The lowest BCUT2D eigenvalue weighted by Gasteiger charge is -2.26. The zero-order chi connectivity index (χ0) is 15.2. The van der Waals surface area contributed by atoms with Crippen LogP contribution in [0.15, 0.2) is 6.07 Å². The lowest BCUT2D eigenvalue weighted by Crippen LogP contribution is -2.27. The summed E-state index contributed by atoms with van der Waals surface area (Å²) in [5.74, 6) is 0.0706. The molecule has 2 N–H and O–H groups in total. The van der Waals surface area contributed by atoms with Crippen LogP contribution in [0.4, 0.5) is 0 Å². The maximum Gasteiger partial charge on any atom is 0.253 e. The molecule has 0 aliphatic heterocycles. The van der Waals surface area contributed by atoms with Crippen LogP contribution in [-0.2, 0) is 0 Å². The first-order valence-electron chi connectivity index (χ1n) is 8.26. The van der Waals surface area contributed by atoms with Crippen molar-refractivity contribution >= 4 is 5.91 Å². The monoisotopic (exact) mass is 291 g/mol. The van der Waals surface area contributed by atoms with E-state index in [-0.39, 0.29) is 5.91 Å². The Bertz CT molecular complexity index is 473. The van der Waals surface area contributed by atoms with Crippen LogP contribution in [0.5, 0.6) is 0 Å². The van der Waals surface area contributed by atoms with Gasteiger partial charge in [0.15, 0.2) is 0 Å². The minimum absolute atomic E-state index is 0.0706. The predicted octanol–water partition coefficient (Wildman–Crippen LogP) is 2.95. The van der Waals surface area contributed by atoms with Crippen molar-refractivity contribution in [1.29, 1.82) is 0 Å². The Morgan fingerprint density at radius 1 is 1.24 bits per heavy atom. The zero-order valence-electron chi connectivity index (χ0n) is 13.7. The fourth-order valence-corrected chi connectivity index (χ4v) is 3.47. The lowest BCUT2D eigenvalue weighted by molar-refractivity contribution is 0.0952. The fourth-order valence-electron chi connectivity index (χ4n) is 3.47. The van der Waals surface area contributed by atoms with Gasteiger partial charge in [-0.2, -0.15) is 0 Å². The van der Waals surface area contributed by atoms with Gasteiger partial charge in [0.05, 0.1) is 5.56 Å². The van der Waals surface area contributed by atoms with Crippen LogP contribution in [-0.4, -0.2) is 30.6 Å². The molecule has 4 heteroatoms. The molecule has 0 radical (unpaired) electrons. The minimum Gasteiger partial charge on any atom is -0.352 e. The van der Waals surface area contributed by atoms with Gasteiger partial charge in [0.1, 0.15) is 0 Å². The summed E-state index contributed by atoms with van der Waals surface area (Å²) in [6, 6.07) is 2.64. The second kappa shape index (κ2) is 7.64. The van der Waals surface area contributed by atoms with Crippen molar-refractivity contribution in [2.24, 2.45) is 0 Å². The van der Waals surface area contributed by atoms with E-state index in [1.165, 1.54) is 37.8 Å². The summed E-state index contributed by atoms with van der Waals surface area (Å²) < 4.78 is 2.39. The van der Waals surface area contributed by atoms with E-state index in [0.29, 0.717) is 6.04 Å². The van der Waals surface area contributed by atoms with Gasteiger partial charge in [-0.25, -0.2) is 0 Å². The van der Waals surface area contributed by atoms with Crippen molar-refractivity contribution in [3.63, 3.8) is 0 Å². The predicted molar refractivity (Wildman–Crippen MR) is 86.9 cm³/mol. The van der Waals surface area contributed by atoms with Crippen LogP contribution in [0, 0.1) is 13.8 Å². The second-order valence-corrected chi connectivity index (χ2v) is 6.16. The quantitative estimate of drug-likeness (QED) is 0.792. The number of hydrogen-bond acceptors (Lipinski definition) is 2. The lowest BCUT2D eigenvalue weighted by atomic mass is 9.95. The van der Waals surface area contributed by atoms with Gasteiger partial charge in [0.25, 0.3) is 5.91 Å². The van der Waals surface area contributed by atoms with Crippen molar-refractivity contribution in [2.45, 2.75) is 58.4 Å². The van der Waals surface area contributed by atoms with E-state index < -0.39 is 0 Å². The molecule has 0 atom stereocenters. The van der Waals surface area contributed by atoms with E-state index in [4.69, 9.17) is 0 Å². The summed E-state index contributed by atoms with van der Waals surface area (Å²) >= 11 is 0. The molecule has 1 aliphatic rings. The molecule has 1 aromatic rings. The van der Waals surface area contributed by atoms with Crippen LogP contribution in [0.1, 0.15) is 66.3 Å². The van der Waals surface area contributed by atoms with Crippen LogP contribution in [0.25, 0.3) is 0 Å². The number of carbonyl (C=O) groups excluding carboxylic acids is 1. The van der Waals surface area contributed by atoms with E-state index in [2.05, 4.69) is 35.1 Å². The number of aryl methyl sites for hydroxylation is 1. The zero-order valence-corrected chi connectivity index (χ0v) is 13.7. The van der Waals surface area contributed by atoms with Gasteiger partial charge in [-0.05, 0) is 52.8 Å². The highest BCUT2D eigenvalue weighted by Crippen LogP contribution is 2.32. The molecule has 0 unspecified atom stereocenters. The van der Waals surface area contributed by atoms with Crippen molar-refractivity contribution in [3.8, 4) is 0 Å². The summed E-state index contributed by atoms with van der Waals surface area (Å²) in [5.41, 5.74) is 3.20. The van der Waals surface area contributed by atoms with Gasteiger partial charge in [-0.1, -0.05) is 19.3 Å². The third-order valence-corrected chi connectivity index (χ3v) is 4.56. The minimum atomic E-state index is 0.0706. The molecule has 0 spiro atoms. The molecule has 0 bridgehead atoms.